The minimum atomic E-state index is 0.725. The molecule has 0 aromatic carbocycles. The lowest BCUT2D eigenvalue weighted by Crippen LogP contribution is -2.23. The van der Waals surface area contributed by atoms with E-state index in [1.165, 1.54) is 0 Å². The highest BCUT2D eigenvalue weighted by molar-refractivity contribution is 5.41. The lowest BCUT2D eigenvalue weighted by molar-refractivity contribution is 0.158. The van der Waals surface area contributed by atoms with Crippen LogP contribution in [0.3, 0.4) is 0 Å². The highest BCUT2D eigenvalue weighted by Crippen LogP contribution is 2.08. The maximum absolute atomic E-state index is 5.78. The van der Waals surface area contributed by atoms with E-state index < -0.39 is 0 Å². The van der Waals surface area contributed by atoms with E-state index >= 15 is 0 Å². The average Bonchev–Trinajstić information content (AvgIpc) is 2.18. The molecule has 0 atom stereocenters. The summed E-state index contributed by atoms with van der Waals surface area (Å²) in [6, 6.07) is 3.71. The SMILES string of the molecule is COCCN(C)Cc1ncccc1N. The quantitative estimate of drug-likeness (QED) is 0.753. The molecule has 78 valence electrons. The van der Waals surface area contributed by atoms with Crippen molar-refractivity contribution in [2.24, 2.45) is 0 Å². The second-order valence-electron chi connectivity index (χ2n) is 3.27. The Labute approximate surface area is 84.7 Å². The molecule has 0 aliphatic rings. The van der Waals surface area contributed by atoms with E-state index in [0.717, 1.165) is 31.1 Å². The van der Waals surface area contributed by atoms with E-state index in [1.807, 2.05) is 19.2 Å². The van der Waals surface area contributed by atoms with E-state index in [2.05, 4.69) is 9.88 Å². The summed E-state index contributed by atoms with van der Waals surface area (Å²) in [5.74, 6) is 0. The Morgan fingerprint density at radius 3 is 3.00 bits per heavy atom. The summed E-state index contributed by atoms with van der Waals surface area (Å²) in [4.78, 5) is 6.35. The molecular weight excluding hydrogens is 178 g/mol. The van der Waals surface area contributed by atoms with Crippen molar-refractivity contribution in [3.63, 3.8) is 0 Å². The van der Waals surface area contributed by atoms with Gasteiger partial charge in [-0.25, -0.2) is 0 Å². The minimum absolute atomic E-state index is 0.725. The summed E-state index contributed by atoms with van der Waals surface area (Å²) in [6.45, 7) is 2.37. The van der Waals surface area contributed by atoms with Crippen molar-refractivity contribution in [3.8, 4) is 0 Å². The Morgan fingerprint density at radius 2 is 2.36 bits per heavy atom. The Kier molecular flexibility index (Phi) is 4.35. The largest absolute Gasteiger partial charge is 0.397 e. The molecule has 0 saturated heterocycles. The highest BCUT2D eigenvalue weighted by Gasteiger charge is 2.03. The fraction of sp³-hybridized carbons (Fsp3) is 0.500. The number of pyridine rings is 1. The molecule has 4 nitrogen and oxygen atoms in total. The maximum Gasteiger partial charge on any atom is 0.0772 e. The zero-order valence-electron chi connectivity index (χ0n) is 8.73. The molecule has 1 rings (SSSR count). The smallest absolute Gasteiger partial charge is 0.0772 e. The normalized spacial score (nSPS) is 10.8. The predicted octanol–water partition coefficient (Wildman–Crippen LogP) is 0.742. The van der Waals surface area contributed by atoms with Gasteiger partial charge in [0.15, 0.2) is 0 Å². The zero-order valence-corrected chi connectivity index (χ0v) is 8.73. The van der Waals surface area contributed by atoms with Crippen LogP contribution in [-0.4, -0.2) is 37.2 Å². The van der Waals surface area contributed by atoms with Crippen LogP contribution in [0.4, 0.5) is 5.69 Å². The van der Waals surface area contributed by atoms with Crippen molar-refractivity contribution in [1.82, 2.24) is 9.88 Å². The average molecular weight is 195 g/mol. The molecular formula is C10H17N3O. The number of ether oxygens (including phenoxy) is 1. The summed E-state index contributed by atoms with van der Waals surface area (Å²) in [6.07, 6.45) is 1.76. The second kappa shape index (κ2) is 5.57. The third-order valence-electron chi connectivity index (χ3n) is 2.02. The van der Waals surface area contributed by atoms with Gasteiger partial charge >= 0.3 is 0 Å². The third kappa shape index (κ3) is 3.32. The molecule has 0 unspecified atom stereocenters. The number of methoxy groups -OCH3 is 1. The molecule has 0 amide bonds. The van der Waals surface area contributed by atoms with Crippen LogP contribution in [0.15, 0.2) is 18.3 Å². The molecule has 0 aliphatic carbocycles. The summed E-state index contributed by atoms with van der Waals surface area (Å²) in [5.41, 5.74) is 7.45. The molecule has 1 aromatic heterocycles. The number of rotatable bonds is 5. The first kappa shape index (κ1) is 10.9. The fourth-order valence-electron chi connectivity index (χ4n) is 1.16. The number of anilines is 1. The summed E-state index contributed by atoms with van der Waals surface area (Å²) in [5, 5.41) is 0. The molecule has 0 spiro atoms. The molecule has 1 heterocycles. The van der Waals surface area contributed by atoms with E-state index in [0.29, 0.717) is 0 Å². The molecule has 4 heteroatoms. The maximum atomic E-state index is 5.78. The first-order chi connectivity index (χ1) is 6.74. The van der Waals surface area contributed by atoms with Crippen molar-refractivity contribution in [2.75, 3.05) is 33.0 Å². The molecule has 1 aromatic rings. The van der Waals surface area contributed by atoms with E-state index in [9.17, 15) is 0 Å². The van der Waals surface area contributed by atoms with Gasteiger partial charge in [-0.3, -0.25) is 9.88 Å². The van der Waals surface area contributed by atoms with Gasteiger partial charge in [-0.2, -0.15) is 0 Å². The molecule has 0 saturated carbocycles. The minimum Gasteiger partial charge on any atom is -0.397 e. The fourth-order valence-corrected chi connectivity index (χ4v) is 1.16. The molecule has 0 fully saturated rings. The van der Waals surface area contributed by atoms with Crippen molar-refractivity contribution in [3.05, 3.63) is 24.0 Å². The van der Waals surface area contributed by atoms with Gasteiger partial charge in [0.1, 0.15) is 0 Å². The number of hydrogen-bond donors (Lipinski definition) is 1. The molecule has 2 N–H and O–H groups in total. The van der Waals surface area contributed by atoms with Crippen molar-refractivity contribution in [2.45, 2.75) is 6.54 Å². The van der Waals surface area contributed by atoms with Gasteiger partial charge in [0.25, 0.3) is 0 Å². The number of nitrogen functional groups attached to an aromatic ring is 1. The Bertz CT molecular complexity index is 278. The Balaban J connectivity index is 2.47. The Hall–Kier alpha value is -1.13. The van der Waals surface area contributed by atoms with E-state index in [-0.39, 0.29) is 0 Å². The number of nitrogens with two attached hydrogens (primary N) is 1. The molecule has 14 heavy (non-hydrogen) atoms. The van der Waals surface area contributed by atoms with Crippen LogP contribution >= 0.6 is 0 Å². The van der Waals surface area contributed by atoms with Crippen molar-refractivity contribution >= 4 is 5.69 Å². The second-order valence-corrected chi connectivity index (χ2v) is 3.27. The predicted molar refractivity (Wildman–Crippen MR) is 56.9 cm³/mol. The van der Waals surface area contributed by atoms with Gasteiger partial charge in [-0.05, 0) is 19.2 Å². The summed E-state index contributed by atoms with van der Waals surface area (Å²) < 4.78 is 4.99. The summed E-state index contributed by atoms with van der Waals surface area (Å²) in [7, 11) is 3.72. The monoisotopic (exact) mass is 195 g/mol. The number of aromatic nitrogens is 1. The zero-order chi connectivity index (χ0) is 10.4. The lowest BCUT2D eigenvalue weighted by Gasteiger charge is -2.16. The van der Waals surface area contributed by atoms with Gasteiger partial charge in [0, 0.05) is 26.4 Å². The standard InChI is InChI=1S/C10H17N3O/c1-13(6-7-14-2)8-10-9(11)4-3-5-12-10/h3-5H,6-8,11H2,1-2H3. The number of likely N-dealkylation sites (N-methyl/N-ethyl adjacent to an activating group) is 1. The van der Waals surface area contributed by atoms with Gasteiger partial charge in [0.2, 0.25) is 0 Å². The lowest BCUT2D eigenvalue weighted by atomic mass is 10.3. The van der Waals surface area contributed by atoms with Crippen LogP contribution < -0.4 is 5.73 Å². The molecule has 0 radical (unpaired) electrons. The van der Waals surface area contributed by atoms with Crippen LogP contribution in [0.5, 0.6) is 0 Å². The highest BCUT2D eigenvalue weighted by atomic mass is 16.5. The summed E-state index contributed by atoms with van der Waals surface area (Å²) >= 11 is 0. The van der Waals surface area contributed by atoms with Crippen LogP contribution in [-0.2, 0) is 11.3 Å². The van der Waals surface area contributed by atoms with Crippen LogP contribution in [0.1, 0.15) is 5.69 Å². The van der Waals surface area contributed by atoms with Crippen LogP contribution in [0.25, 0.3) is 0 Å². The van der Waals surface area contributed by atoms with Crippen molar-refractivity contribution in [1.29, 1.82) is 0 Å². The van der Waals surface area contributed by atoms with Gasteiger partial charge < -0.3 is 10.5 Å². The topological polar surface area (TPSA) is 51.4 Å². The first-order valence-corrected chi connectivity index (χ1v) is 4.61. The third-order valence-corrected chi connectivity index (χ3v) is 2.02. The van der Waals surface area contributed by atoms with Crippen LogP contribution in [0.2, 0.25) is 0 Å². The van der Waals surface area contributed by atoms with Gasteiger partial charge in [-0.15, -0.1) is 0 Å². The van der Waals surface area contributed by atoms with E-state index in [4.69, 9.17) is 10.5 Å². The van der Waals surface area contributed by atoms with E-state index in [1.54, 1.807) is 13.3 Å². The number of hydrogen-bond acceptors (Lipinski definition) is 4. The van der Waals surface area contributed by atoms with Gasteiger partial charge in [-0.1, -0.05) is 0 Å². The Morgan fingerprint density at radius 1 is 1.57 bits per heavy atom. The first-order valence-electron chi connectivity index (χ1n) is 4.61. The molecule has 0 bridgehead atoms. The van der Waals surface area contributed by atoms with Gasteiger partial charge in [0.05, 0.1) is 18.0 Å². The number of nitrogens with zero attached hydrogens (tertiary/aromatic N) is 2. The van der Waals surface area contributed by atoms with Crippen molar-refractivity contribution < 1.29 is 4.74 Å². The molecule has 0 aliphatic heterocycles. The van der Waals surface area contributed by atoms with Crippen LogP contribution in [0, 0.1) is 0 Å².